The monoisotopic (exact) mass is 458 g/mol. The van der Waals surface area contributed by atoms with Gasteiger partial charge in [-0.3, -0.25) is 9.59 Å². The van der Waals surface area contributed by atoms with Crippen LogP contribution in [0.3, 0.4) is 0 Å². The Balaban J connectivity index is 1.86. The van der Waals surface area contributed by atoms with Gasteiger partial charge in [-0.2, -0.15) is 0 Å². The van der Waals surface area contributed by atoms with Gasteiger partial charge in [0.05, 0.1) is 40.0 Å². The Hall–Kier alpha value is -2.48. The second kappa shape index (κ2) is 10.3. The number of methoxy groups -OCH3 is 1. The van der Waals surface area contributed by atoms with Gasteiger partial charge in [-0.15, -0.1) is 0 Å². The molecule has 2 amide bonds. The minimum atomic E-state index is -0.911. The molecule has 2 aromatic carbocycles. The molecule has 2 N–H and O–H groups in total. The summed E-state index contributed by atoms with van der Waals surface area (Å²) in [5, 5.41) is 5.06. The zero-order valence-electron chi connectivity index (χ0n) is 15.5. The van der Waals surface area contributed by atoms with Crippen molar-refractivity contribution in [3.63, 3.8) is 0 Å². The highest BCUT2D eigenvalue weighted by molar-refractivity contribution is 6.46. The van der Waals surface area contributed by atoms with E-state index >= 15 is 0 Å². The van der Waals surface area contributed by atoms with E-state index in [-0.39, 0.29) is 27.2 Å². The second-order valence-electron chi connectivity index (χ2n) is 5.82. The predicted molar refractivity (Wildman–Crippen MR) is 111 cm³/mol. The molecule has 0 spiro atoms. The van der Waals surface area contributed by atoms with Gasteiger partial charge in [-0.25, -0.2) is 4.79 Å². The molecule has 2 rings (SSSR count). The van der Waals surface area contributed by atoms with Crippen molar-refractivity contribution < 1.29 is 23.9 Å². The first kappa shape index (κ1) is 22.8. The molecule has 10 heteroatoms. The molecule has 0 aromatic heterocycles. The molecule has 0 fully saturated rings. The molecule has 0 heterocycles. The fourth-order valence-corrected chi connectivity index (χ4v) is 2.94. The number of anilines is 1. The average Bonchev–Trinajstić information content (AvgIpc) is 2.68. The van der Waals surface area contributed by atoms with Gasteiger partial charge in [-0.1, -0.05) is 40.9 Å². The summed E-state index contributed by atoms with van der Waals surface area (Å²) in [6.07, 6.45) is 0. The number of hydrogen-bond donors (Lipinski definition) is 2. The van der Waals surface area contributed by atoms with Crippen LogP contribution in [0.2, 0.25) is 15.1 Å². The summed E-state index contributed by atoms with van der Waals surface area (Å²) >= 11 is 17.7. The highest BCUT2D eigenvalue weighted by Gasteiger charge is 2.20. The number of rotatable bonds is 7. The highest BCUT2D eigenvalue weighted by Crippen LogP contribution is 2.31. The van der Waals surface area contributed by atoms with E-state index in [1.54, 1.807) is 12.1 Å². The van der Waals surface area contributed by atoms with Crippen LogP contribution in [0, 0.1) is 6.92 Å². The maximum absolute atomic E-state index is 12.1. The summed E-state index contributed by atoms with van der Waals surface area (Å²) in [7, 11) is 1.48. The van der Waals surface area contributed by atoms with Gasteiger partial charge in [0.25, 0.3) is 5.91 Å². The molecular weight excluding hydrogens is 443 g/mol. The summed E-state index contributed by atoms with van der Waals surface area (Å²) < 4.78 is 10.1. The first-order chi connectivity index (χ1) is 13.7. The van der Waals surface area contributed by atoms with E-state index in [0.29, 0.717) is 11.4 Å². The number of hydrogen-bond acceptors (Lipinski definition) is 5. The van der Waals surface area contributed by atoms with Gasteiger partial charge >= 0.3 is 5.97 Å². The van der Waals surface area contributed by atoms with Crippen molar-refractivity contribution in [3.8, 4) is 5.75 Å². The lowest BCUT2D eigenvalue weighted by Gasteiger charge is -2.12. The van der Waals surface area contributed by atoms with Crippen molar-refractivity contribution in [3.05, 3.63) is 56.5 Å². The Bertz CT molecular complexity index is 950. The first-order valence-corrected chi connectivity index (χ1v) is 9.38. The topological polar surface area (TPSA) is 93.7 Å². The standard InChI is InChI=1S/C19H17Cl3N2O5/c1-10-3-6-14(28-2)13(7-10)24-15(25)8-23-16(26)9-29-19(27)17-11(20)4-5-12(21)18(17)22/h3-7H,8-9H2,1-2H3,(H,23,26)(H,24,25). The minimum absolute atomic E-state index is 0.0382. The van der Waals surface area contributed by atoms with Crippen molar-refractivity contribution in [2.75, 3.05) is 25.6 Å². The Kier molecular flexibility index (Phi) is 8.13. The zero-order chi connectivity index (χ0) is 21.6. The zero-order valence-corrected chi connectivity index (χ0v) is 17.7. The molecule has 0 saturated carbocycles. The van der Waals surface area contributed by atoms with Crippen LogP contribution in [0.25, 0.3) is 0 Å². The highest BCUT2D eigenvalue weighted by atomic mass is 35.5. The second-order valence-corrected chi connectivity index (χ2v) is 7.02. The van der Waals surface area contributed by atoms with Crippen LogP contribution in [0.4, 0.5) is 5.69 Å². The molecule has 0 unspecified atom stereocenters. The fraction of sp³-hybridized carbons (Fsp3) is 0.211. The van der Waals surface area contributed by atoms with Gasteiger partial charge in [-0.05, 0) is 36.8 Å². The number of aryl methyl sites for hydroxylation is 1. The third kappa shape index (κ3) is 6.25. The maximum atomic E-state index is 12.1. The molecular formula is C19H17Cl3N2O5. The third-order valence-electron chi connectivity index (χ3n) is 3.66. The molecule has 0 atom stereocenters. The van der Waals surface area contributed by atoms with Crippen molar-refractivity contribution in [1.29, 1.82) is 0 Å². The van der Waals surface area contributed by atoms with Gasteiger partial charge in [0.15, 0.2) is 6.61 Å². The van der Waals surface area contributed by atoms with E-state index in [0.717, 1.165) is 5.56 Å². The van der Waals surface area contributed by atoms with Gasteiger partial charge in [0.2, 0.25) is 5.91 Å². The van der Waals surface area contributed by atoms with Crippen LogP contribution in [-0.4, -0.2) is 38.0 Å². The summed E-state index contributed by atoms with van der Waals surface area (Å²) in [5.41, 5.74) is 1.26. The lowest BCUT2D eigenvalue weighted by atomic mass is 10.2. The predicted octanol–water partition coefficient (Wildman–Crippen LogP) is 3.88. The molecule has 0 saturated heterocycles. The molecule has 0 aliphatic heterocycles. The molecule has 2 aromatic rings. The molecule has 0 bridgehead atoms. The Morgan fingerprint density at radius 1 is 1.00 bits per heavy atom. The normalized spacial score (nSPS) is 10.2. The Morgan fingerprint density at radius 2 is 1.69 bits per heavy atom. The number of nitrogens with one attached hydrogen (secondary N) is 2. The number of ether oxygens (including phenoxy) is 2. The summed E-state index contributed by atoms with van der Waals surface area (Å²) in [5.74, 6) is -1.58. The van der Waals surface area contributed by atoms with Crippen LogP contribution in [0.5, 0.6) is 5.75 Å². The van der Waals surface area contributed by atoms with Crippen LogP contribution < -0.4 is 15.4 Å². The van der Waals surface area contributed by atoms with E-state index in [2.05, 4.69) is 10.6 Å². The fourth-order valence-electron chi connectivity index (χ4n) is 2.26. The number of esters is 1. The number of halogens is 3. The maximum Gasteiger partial charge on any atom is 0.341 e. The van der Waals surface area contributed by atoms with E-state index < -0.39 is 24.4 Å². The lowest BCUT2D eigenvalue weighted by molar-refractivity contribution is -0.126. The lowest BCUT2D eigenvalue weighted by Crippen LogP contribution is -2.35. The van der Waals surface area contributed by atoms with E-state index in [1.807, 2.05) is 13.0 Å². The van der Waals surface area contributed by atoms with E-state index in [4.69, 9.17) is 44.3 Å². The van der Waals surface area contributed by atoms with Crippen LogP contribution in [0.15, 0.2) is 30.3 Å². The van der Waals surface area contributed by atoms with Gasteiger partial charge < -0.3 is 20.1 Å². The molecule has 154 valence electrons. The number of amides is 2. The summed E-state index contributed by atoms with van der Waals surface area (Å²) in [6.45, 7) is 0.912. The van der Waals surface area contributed by atoms with Crippen molar-refractivity contribution in [2.24, 2.45) is 0 Å². The van der Waals surface area contributed by atoms with Crippen molar-refractivity contribution in [2.45, 2.75) is 6.92 Å². The van der Waals surface area contributed by atoms with Crippen LogP contribution >= 0.6 is 34.8 Å². The minimum Gasteiger partial charge on any atom is -0.495 e. The Morgan fingerprint density at radius 3 is 2.38 bits per heavy atom. The number of carbonyl (C=O) groups excluding carboxylic acids is 3. The number of benzene rings is 2. The van der Waals surface area contributed by atoms with Crippen molar-refractivity contribution >= 4 is 58.3 Å². The van der Waals surface area contributed by atoms with Gasteiger partial charge in [0, 0.05) is 0 Å². The Labute approximate surface area is 182 Å². The molecule has 0 aliphatic carbocycles. The quantitative estimate of drug-likeness (QED) is 0.484. The van der Waals surface area contributed by atoms with Crippen LogP contribution in [0.1, 0.15) is 15.9 Å². The third-order valence-corrected chi connectivity index (χ3v) is 4.78. The summed E-state index contributed by atoms with van der Waals surface area (Å²) in [6, 6.07) is 8.10. The number of carbonyl (C=O) groups is 3. The summed E-state index contributed by atoms with van der Waals surface area (Å²) in [4.78, 5) is 36.0. The van der Waals surface area contributed by atoms with Crippen molar-refractivity contribution in [1.82, 2.24) is 5.32 Å². The average molecular weight is 460 g/mol. The molecule has 7 nitrogen and oxygen atoms in total. The van der Waals surface area contributed by atoms with E-state index in [9.17, 15) is 14.4 Å². The van der Waals surface area contributed by atoms with E-state index in [1.165, 1.54) is 19.2 Å². The largest absolute Gasteiger partial charge is 0.495 e. The smallest absolute Gasteiger partial charge is 0.341 e. The molecule has 29 heavy (non-hydrogen) atoms. The first-order valence-electron chi connectivity index (χ1n) is 8.24. The van der Waals surface area contributed by atoms with Crippen LogP contribution in [-0.2, 0) is 14.3 Å². The SMILES string of the molecule is COc1ccc(C)cc1NC(=O)CNC(=O)COC(=O)c1c(Cl)ccc(Cl)c1Cl. The van der Waals surface area contributed by atoms with Gasteiger partial charge in [0.1, 0.15) is 5.75 Å². The molecule has 0 aliphatic rings. The molecule has 0 radical (unpaired) electrons.